The van der Waals surface area contributed by atoms with Gasteiger partial charge >= 0.3 is 5.97 Å². The van der Waals surface area contributed by atoms with E-state index in [0.29, 0.717) is 12.1 Å². The minimum Gasteiger partial charge on any atom is -0.465 e. The minimum absolute atomic E-state index is 0.174. The van der Waals surface area contributed by atoms with Gasteiger partial charge in [-0.15, -0.1) is 0 Å². The summed E-state index contributed by atoms with van der Waals surface area (Å²) in [5, 5.41) is 0. The fourth-order valence-corrected chi connectivity index (χ4v) is 2.65. The van der Waals surface area contributed by atoms with Crippen LogP contribution < -0.4 is 0 Å². The van der Waals surface area contributed by atoms with Crippen LogP contribution in [0.1, 0.15) is 48.7 Å². The summed E-state index contributed by atoms with van der Waals surface area (Å²) >= 11 is 0. The first kappa shape index (κ1) is 15.5. The van der Waals surface area contributed by atoms with Gasteiger partial charge in [0.1, 0.15) is 0 Å². The molecule has 0 saturated heterocycles. The Balaban J connectivity index is 2.26. The zero-order valence-electron chi connectivity index (χ0n) is 13.2. The summed E-state index contributed by atoms with van der Waals surface area (Å²) in [7, 11) is 1.39. The van der Waals surface area contributed by atoms with E-state index in [1.807, 2.05) is 37.8 Å². The van der Waals surface area contributed by atoms with Crippen LogP contribution in [-0.4, -0.2) is 30.4 Å². The predicted molar refractivity (Wildman–Crippen MR) is 81.0 cm³/mol. The van der Waals surface area contributed by atoms with Gasteiger partial charge in [-0.05, 0) is 36.1 Å². The van der Waals surface area contributed by atoms with E-state index in [4.69, 9.17) is 4.74 Å². The Labute approximate surface area is 126 Å². The Morgan fingerprint density at radius 2 is 1.90 bits per heavy atom. The fraction of sp³-hybridized carbons (Fsp3) is 0.529. The molecule has 1 aromatic rings. The van der Waals surface area contributed by atoms with Crippen LogP contribution in [0.15, 0.2) is 18.2 Å². The fourth-order valence-electron chi connectivity index (χ4n) is 2.65. The van der Waals surface area contributed by atoms with E-state index < -0.39 is 0 Å². The van der Waals surface area contributed by atoms with Gasteiger partial charge in [0, 0.05) is 18.5 Å². The summed E-state index contributed by atoms with van der Waals surface area (Å²) < 4.78 is 4.76. The Morgan fingerprint density at radius 3 is 2.52 bits per heavy atom. The van der Waals surface area contributed by atoms with E-state index in [2.05, 4.69) is 0 Å². The average molecular weight is 289 g/mol. The van der Waals surface area contributed by atoms with Crippen LogP contribution in [0.2, 0.25) is 0 Å². The lowest BCUT2D eigenvalue weighted by atomic mass is 9.94. The first-order valence-corrected chi connectivity index (χ1v) is 7.32. The number of aryl methyl sites for hydroxylation is 1. The standard InChI is InChI=1S/C17H23NO3/c1-17(2,3)16(20)18-9-5-6-12-10-13(15(19)21-4)7-8-14(12)11-18/h7-8,10H,5-6,9,11H2,1-4H3. The highest BCUT2D eigenvalue weighted by molar-refractivity contribution is 5.89. The van der Waals surface area contributed by atoms with E-state index in [1.54, 1.807) is 6.07 Å². The molecule has 0 aliphatic carbocycles. The third-order valence-electron chi connectivity index (χ3n) is 3.79. The highest BCUT2D eigenvalue weighted by Crippen LogP contribution is 2.25. The number of rotatable bonds is 1. The zero-order valence-corrected chi connectivity index (χ0v) is 13.2. The van der Waals surface area contributed by atoms with Crippen molar-refractivity contribution in [3.63, 3.8) is 0 Å². The van der Waals surface area contributed by atoms with Crippen molar-refractivity contribution in [2.45, 2.75) is 40.2 Å². The summed E-state index contributed by atoms with van der Waals surface area (Å²) in [6.07, 6.45) is 1.80. The molecule has 0 radical (unpaired) electrons. The SMILES string of the molecule is COC(=O)c1ccc2c(c1)CCCN(C(=O)C(C)(C)C)C2. The molecule has 0 bridgehead atoms. The van der Waals surface area contributed by atoms with Gasteiger partial charge in [0.25, 0.3) is 0 Å². The van der Waals surface area contributed by atoms with Crippen LogP contribution in [0.4, 0.5) is 0 Å². The lowest BCUT2D eigenvalue weighted by molar-refractivity contribution is -0.140. The predicted octanol–water partition coefficient (Wildman–Crippen LogP) is 2.79. The first-order chi connectivity index (χ1) is 9.82. The van der Waals surface area contributed by atoms with Crippen molar-refractivity contribution in [2.75, 3.05) is 13.7 Å². The molecule has 1 aliphatic rings. The molecule has 0 N–H and O–H groups in total. The maximum atomic E-state index is 12.5. The molecule has 4 nitrogen and oxygen atoms in total. The number of benzene rings is 1. The number of methoxy groups -OCH3 is 1. The molecule has 1 aliphatic heterocycles. The molecule has 0 aromatic heterocycles. The number of nitrogens with zero attached hydrogens (tertiary/aromatic N) is 1. The second kappa shape index (κ2) is 5.88. The molecule has 0 atom stereocenters. The van der Waals surface area contributed by atoms with Crippen molar-refractivity contribution < 1.29 is 14.3 Å². The van der Waals surface area contributed by atoms with Crippen LogP contribution >= 0.6 is 0 Å². The molecule has 1 aromatic carbocycles. The first-order valence-electron chi connectivity index (χ1n) is 7.32. The largest absolute Gasteiger partial charge is 0.465 e. The van der Waals surface area contributed by atoms with Gasteiger partial charge in [-0.1, -0.05) is 26.8 Å². The van der Waals surface area contributed by atoms with E-state index in [0.717, 1.165) is 30.5 Å². The van der Waals surface area contributed by atoms with Crippen molar-refractivity contribution in [2.24, 2.45) is 5.41 Å². The summed E-state index contributed by atoms with van der Waals surface area (Å²) in [5.41, 5.74) is 2.47. The average Bonchev–Trinajstić information content (AvgIpc) is 2.65. The summed E-state index contributed by atoms with van der Waals surface area (Å²) in [6.45, 7) is 7.22. The van der Waals surface area contributed by atoms with Gasteiger partial charge in [-0.25, -0.2) is 4.79 Å². The number of carbonyl (C=O) groups excluding carboxylic acids is 2. The molecular weight excluding hydrogens is 266 g/mol. The van der Waals surface area contributed by atoms with Gasteiger partial charge < -0.3 is 9.64 Å². The van der Waals surface area contributed by atoms with Gasteiger partial charge in [0.2, 0.25) is 5.91 Å². The number of carbonyl (C=O) groups is 2. The number of fused-ring (bicyclic) bond motifs is 1. The molecule has 1 heterocycles. The molecule has 114 valence electrons. The molecule has 1 amide bonds. The Morgan fingerprint density at radius 1 is 1.19 bits per heavy atom. The zero-order chi connectivity index (χ0) is 15.6. The molecule has 0 spiro atoms. The number of hydrogen-bond donors (Lipinski definition) is 0. The normalized spacial score (nSPS) is 15.1. The van der Waals surface area contributed by atoms with E-state index >= 15 is 0 Å². The number of amides is 1. The molecule has 4 heteroatoms. The number of esters is 1. The van der Waals surface area contributed by atoms with Gasteiger partial charge in [0.15, 0.2) is 0 Å². The minimum atomic E-state index is -0.365. The van der Waals surface area contributed by atoms with Crippen LogP contribution in [-0.2, 0) is 22.5 Å². The Bertz CT molecular complexity index is 558. The topological polar surface area (TPSA) is 46.6 Å². The summed E-state index contributed by atoms with van der Waals surface area (Å²) in [4.78, 5) is 26.0. The van der Waals surface area contributed by atoms with Crippen molar-refractivity contribution in [1.82, 2.24) is 4.90 Å². The molecule has 0 unspecified atom stereocenters. The maximum absolute atomic E-state index is 12.5. The van der Waals surface area contributed by atoms with Crippen LogP contribution in [0.3, 0.4) is 0 Å². The second-order valence-corrected chi connectivity index (χ2v) is 6.56. The van der Waals surface area contributed by atoms with Crippen molar-refractivity contribution in [3.8, 4) is 0 Å². The van der Waals surface area contributed by atoms with Crippen LogP contribution in [0.25, 0.3) is 0 Å². The van der Waals surface area contributed by atoms with Crippen molar-refractivity contribution in [3.05, 3.63) is 34.9 Å². The van der Waals surface area contributed by atoms with Gasteiger partial charge in [-0.3, -0.25) is 4.79 Å². The van der Waals surface area contributed by atoms with E-state index in [1.165, 1.54) is 7.11 Å². The lowest BCUT2D eigenvalue weighted by Crippen LogP contribution is -2.39. The van der Waals surface area contributed by atoms with Crippen LogP contribution in [0.5, 0.6) is 0 Å². The highest BCUT2D eigenvalue weighted by atomic mass is 16.5. The highest BCUT2D eigenvalue weighted by Gasteiger charge is 2.28. The molecule has 21 heavy (non-hydrogen) atoms. The van der Waals surface area contributed by atoms with Gasteiger partial charge in [-0.2, -0.15) is 0 Å². The molecule has 2 rings (SSSR count). The third-order valence-corrected chi connectivity index (χ3v) is 3.79. The van der Waals surface area contributed by atoms with Crippen LogP contribution in [0, 0.1) is 5.41 Å². The third kappa shape index (κ3) is 3.43. The van der Waals surface area contributed by atoms with E-state index in [-0.39, 0.29) is 17.3 Å². The summed E-state index contributed by atoms with van der Waals surface area (Å²) in [5.74, 6) is -0.142. The Hall–Kier alpha value is -1.84. The van der Waals surface area contributed by atoms with Crippen molar-refractivity contribution >= 4 is 11.9 Å². The van der Waals surface area contributed by atoms with Crippen molar-refractivity contribution in [1.29, 1.82) is 0 Å². The Kier molecular flexibility index (Phi) is 4.35. The monoisotopic (exact) mass is 289 g/mol. The van der Waals surface area contributed by atoms with Gasteiger partial charge in [0.05, 0.1) is 12.7 Å². The lowest BCUT2D eigenvalue weighted by Gasteiger charge is -2.28. The molecular formula is C17H23NO3. The van der Waals surface area contributed by atoms with E-state index in [9.17, 15) is 9.59 Å². The summed E-state index contributed by atoms with van der Waals surface area (Å²) in [6, 6.07) is 5.61. The molecule has 0 fully saturated rings. The maximum Gasteiger partial charge on any atom is 0.337 e. The molecule has 0 saturated carbocycles. The number of hydrogen-bond acceptors (Lipinski definition) is 3. The second-order valence-electron chi connectivity index (χ2n) is 6.56. The smallest absolute Gasteiger partial charge is 0.337 e. The number of ether oxygens (including phenoxy) is 1. The quantitative estimate of drug-likeness (QED) is 0.747.